The Morgan fingerprint density at radius 3 is 2.53 bits per heavy atom. The van der Waals surface area contributed by atoms with Crippen LogP contribution < -0.4 is 29.6 Å². The third-order valence-corrected chi connectivity index (χ3v) is 2.01. The van der Waals surface area contributed by atoms with E-state index in [0.29, 0.717) is 32.2 Å². The average Bonchev–Trinajstić information content (AvgIpc) is 2.18. The van der Waals surface area contributed by atoms with Gasteiger partial charge in [0.25, 0.3) is 0 Å². The summed E-state index contributed by atoms with van der Waals surface area (Å²) in [4.78, 5) is 0. The second-order valence-corrected chi connectivity index (χ2v) is 3.56. The van der Waals surface area contributed by atoms with E-state index in [4.69, 9.17) is 9.84 Å². The fourth-order valence-electron chi connectivity index (χ4n) is 0.887. The predicted octanol–water partition coefficient (Wildman–Crippen LogP) is -2.22. The van der Waals surface area contributed by atoms with Gasteiger partial charge in [0.05, 0.1) is 12.7 Å². The van der Waals surface area contributed by atoms with Crippen LogP contribution in [0.5, 0.6) is 0 Å². The van der Waals surface area contributed by atoms with E-state index < -0.39 is 6.10 Å². The zero-order valence-electron chi connectivity index (χ0n) is 10.1. The van der Waals surface area contributed by atoms with Crippen LogP contribution >= 0.6 is 0 Å². The quantitative estimate of drug-likeness (QED) is 0.346. The van der Waals surface area contributed by atoms with Crippen molar-refractivity contribution in [1.29, 1.82) is 0 Å². The smallest absolute Gasteiger partial charge is 0.658 e. The number of hydrogen-bond donors (Lipinski definition) is 2. The first-order valence-corrected chi connectivity index (χ1v) is 5.20. The van der Waals surface area contributed by atoms with Gasteiger partial charge in [-0.05, 0) is 5.92 Å². The summed E-state index contributed by atoms with van der Waals surface area (Å²) < 4.78 is 5.31. The number of nitrogens with zero attached hydrogens (tertiary/aromatic N) is 1. The molecule has 0 rings (SSSR count). The van der Waals surface area contributed by atoms with Crippen molar-refractivity contribution < 1.29 is 44.5 Å². The van der Waals surface area contributed by atoms with Crippen LogP contribution in [0.15, 0.2) is 0 Å². The van der Waals surface area contributed by atoms with E-state index in [2.05, 4.69) is 19.2 Å². The Balaban J connectivity index is 0. The summed E-state index contributed by atoms with van der Waals surface area (Å²) in [6, 6.07) is 0. The van der Waals surface area contributed by atoms with Crippen LogP contribution in [0, 0.1) is 5.92 Å². The monoisotopic (exact) mass is 227 g/mol. The number of aliphatic hydroxyl groups excluding tert-OH is 2. The standard InChI is InChI=1S/C10H22NO3.Na/c1-3-9(2)7-14-8-10(13)6-11-4-5-12;/h9-10,12-13H,3-8H2,1-2H3;/q-1;+1. The molecule has 0 saturated heterocycles. The Labute approximate surface area is 115 Å². The number of aliphatic hydroxyl groups is 2. The average molecular weight is 227 g/mol. The molecule has 0 radical (unpaired) electrons. The van der Waals surface area contributed by atoms with Crippen LogP contribution in [0.1, 0.15) is 20.3 Å². The molecule has 2 atom stereocenters. The Hall–Kier alpha value is 0.840. The van der Waals surface area contributed by atoms with Crippen LogP contribution in [0.4, 0.5) is 0 Å². The van der Waals surface area contributed by atoms with E-state index in [9.17, 15) is 5.11 Å². The molecular weight excluding hydrogens is 205 g/mol. The maximum absolute atomic E-state index is 9.36. The number of hydrogen-bond acceptors (Lipinski definition) is 3. The van der Waals surface area contributed by atoms with Gasteiger partial charge in [0.2, 0.25) is 0 Å². The minimum Gasteiger partial charge on any atom is -0.658 e. The van der Waals surface area contributed by atoms with Crippen molar-refractivity contribution in [3.63, 3.8) is 0 Å². The molecule has 0 bridgehead atoms. The fourth-order valence-corrected chi connectivity index (χ4v) is 0.887. The Bertz CT molecular complexity index is 127. The molecule has 0 aliphatic heterocycles. The zero-order valence-corrected chi connectivity index (χ0v) is 12.1. The normalized spacial score (nSPS) is 14.4. The SMILES string of the molecule is CCC(C)COCC(O)C[N-]CCO.[Na+]. The van der Waals surface area contributed by atoms with Crippen molar-refractivity contribution in [2.75, 3.05) is 32.9 Å². The second kappa shape index (κ2) is 12.9. The van der Waals surface area contributed by atoms with E-state index in [1.54, 1.807) is 0 Å². The topological polar surface area (TPSA) is 63.8 Å². The summed E-state index contributed by atoms with van der Waals surface area (Å²) in [5.41, 5.74) is 0. The first kappa shape index (κ1) is 18.2. The molecule has 0 fully saturated rings. The van der Waals surface area contributed by atoms with Crippen LogP contribution in [0.3, 0.4) is 0 Å². The number of rotatable bonds is 9. The van der Waals surface area contributed by atoms with Gasteiger partial charge in [-0.1, -0.05) is 20.3 Å². The van der Waals surface area contributed by atoms with Crippen molar-refractivity contribution in [1.82, 2.24) is 0 Å². The molecule has 0 amide bonds. The molecule has 0 spiro atoms. The summed E-state index contributed by atoms with van der Waals surface area (Å²) >= 11 is 0. The molecule has 5 heteroatoms. The van der Waals surface area contributed by atoms with E-state index in [0.717, 1.165) is 6.42 Å². The molecule has 0 aliphatic rings. The molecule has 4 nitrogen and oxygen atoms in total. The van der Waals surface area contributed by atoms with Crippen molar-refractivity contribution >= 4 is 0 Å². The van der Waals surface area contributed by atoms with Crippen molar-refractivity contribution in [3.05, 3.63) is 5.32 Å². The summed E-state index contributed by atoms with van der Waals surface area (Å²) in [5, 5.41) is 21.7. The van der Waals surface area contributed by atoms with Gasteiger partial charge in [-0.25, -0.2) is 0 Å². The van der Waals surface area contributed by atoms with Gasteiger partial charge in [0.15, 0.2) is 0 Å². The third kappa shape index (κ3) is 12.8. The summed E-state index contributed by atoms with van der Waals surface area (Å²) in [6.07, 6.45) is 0.552. The first-order valence-electron chi connectivity index (χ1n) is 5.20. The van der Waals surface area contributed by atoms with E-state index in [1.165, 1.54) is 0 Å². The molecular formula is C10H22NNaO3. The summed E-state index contributed by atoms with van der Waals surface area (Å²) in [5.74, 6) is 0.539. The van der Waals surface area contributed by atoms with E-state index in [-0.39, 0.29) is 36.2 Å². The summed E-state index contributed by atoms with van der Waals surface area (Å²) in [6.45, 7) is 6.03. The molecule has 0 aromatic rings. The van der Waals surface area contributed by atoms with Gasteiger partial charge >= 0.3 is 29.6 Å². The van der Waals surface area contributed by atoms with Gasteiger partial charge in [-0.2, -0.15) is 0 Å². The molecule has 0 aromatic carbocycles. The third-order valence-electron chi connectivity index (χ3n) is 2.01. The van der Waals surface area contributed by atoms with Crippen LogP contribution in [0.25, 0.3) is 5.32 Å². The van der Waals surface area contributed by atoms with E-state index in [1.807, 2.05) is 0 Å². The fraction of sp³-hybridized carbons (Fsp3) is 1.00. The molecule has 15 heavy (non-hydrogen) atoms. The van der Waals surface area contributed by atoms with Gasteiger partial charge in [-0.3, -0.25) is 0 Å². The Kier molecular flexibility index (Phi) is 15.7. The van der Waals surface area contributed by atoms with Crippen LogP contribution in [-0.2, 0) is 4.74 Å². The van der Waals surface area contributed by atoms with Crippen LogP contribution in [-0.4, -0.2) is 49.2 Å². The molecule has 0 aliphatic carbocycles. The van der Waals surface area contributed by atoms with Gasteiger partial charge in [-0.15, -0.1) is 13.1 Å². The molecule has 2 N–H and O–H groups in total. The van der Waals surface area contributed by atoms with E-state index >= 15 is 0 Å². The number of ether oxygens (including phenoxy) is 1. The Morgan fingerprint density at radius 1 is 1.33 bits per heavy atom. The maximum atomic E-state index is 9.36. The van der Waals surface area contributed by atoms with Crippen molar-refractivity contribution in [3.8, 4) is 0 Å². The summed E-state index contributed by atoms with van der Waals surface area (Å²) in [7, 11) is 0. The Morgan fingerprint density at radius 2 is 2.00 bits per heavy atom. The maximum Gasteiger partial charge on any atom is 1.00 e. The van der Waals surface area contributed by atoms with Gasteiger partial charge < -0.3 is 20.3 Å². The molecule has 0 aromatic heterocycles. The van der Waals surface area contributed by atoms with Crippen molar-refractivity contribution in [2.24, 2.45) is 5.92 Å². The minimum absolute atomic E-state index is 0. The molecule has 86 valence electrons. The second-order valence-electron chi connectivity index (χ2n) is 3.56. The van der Waals surface area contributed by atoms with Crippen LogP contribution in [0.2, 0.25) is 0 Å². The van der Waals surface area contributed by atoms with Gasteiger partial charge in [0, 0.05) is 13.2 Å². The van der Waals surface area contributed by atoms with Crippen molar-refractivity contribution in [2.45, 2.75) is 26.4 Å². The zero-order chi connectivity index (χ0) is 10.8. The predicted molar refractivity (Wildman–Crippen MR) is 56.5 cm³/mol. The largest absolute Gasteiger partial charge is 1.00 e. The minimum atomic E-state index is -0.536. The molecule has 0 heterocycles. The van der Waals surface area contributed by atoms with Gasteiger partial charge in [0.1, 0.15) is 0 Å². The first-order chi connectivity index (χ1) is 6.70. The molecule has 0 saturated carbocycles. The molecule has 2 unspecified atom stereocenters.